The van der Waals surface area contributed by atoms with Crippen LogP contribution in [0.1, 0.15) is 41.0 Å². The van der Waals surface area contributed by atoms with Crippen molar-refractivity contribution in [2.75, 3.05) is 7.11 Å². The number of methoxy groups -OCH3 is 1. The van der Waals surface area contributed by atoms with E-state index in [0.717, 1.165) is 22.4 Å². The van der Waals surface area contributed by atoms with E-state index >= 15 is 0 Å². The predicted molar refractivity (Wildman–Crippen MR) is 119 cm³/mol. The average molecular weight is 415 g/mol. The second kappa shape index (κ2) is 8.41. The van der Waals surface area contributed by atoms with Crippen LogP contribution in [0.25, 0.3) is 16.9 Å². The molecule has 1 N–H and O–H groups in total. The summed E-state index contributed by atoms with van der Waals surface area (Å²) in [5, 5.41) is 14.5. The smallest absolute Gasteiger partial charge is 0.168 e. The third-order valence-electron chi connectivity index (χ3n) is 5.20. The quantitative estimate of drug-likeness (QED) is 0.458. The molecule has 0 aliphatic heterocycles. The van der Waals surface area contributed by atoms with Gasteiger partial charge in [-0.15, -0.1) is 0 Å². The first-order chi connectivity index (χ1) is 14.8. The van der Waals surface area contributed by atoms with E-state index in [1.54, 1.807) is 55.9 Å². The van der Waals surface area contributed by atoms with Crippen molar-refractivity contribution in [3.05, 3.63) is 89.2 Å². The number of nitrogens with zero attached hydrogens (tertiary/aromatic N) is 3. The van der Waals surface area contributed by atoms with Gasteiger partial charge in [0.05, 0.1) is 36.2 Å². The van der Waals surface area contributed by atoms with E-state index in [-0.39, 0.29) is 12.2 Å². The van der Waals surface area contributed by atoms with Gasteiger partial charge in [0.25, 0.3) is 0 Å². The Balaban J connectivity index is 1.66. The maximum absolute atomic E-state index is 12.9. The first-order valence-corrected chi connectivity index (χ1v) is 10.1. The molecule has 0 spiro atoms. The number of benzene rings is 2. The number of ketones is 1. The first kappa shape index (κ1) is 20.9. The van der Waals surface area contributed by atoms with Gasteiger partial charge in [-0.25, -0.2) is 9.50 Å². The van der Waals surface area contributed by atoms with Crippen molar-refractivity contribution in [1.29, 1.82) is 0 Å². The van der Waals surface area contributed by atoms with Crippen LogP contribution < -0.4 is 0 Å². The number of aromatic nitrogens is 3. The number of ether oxygens (including phenoxy) is 1. The molecule has 6 nitrogen and oxygen atoms in total. The second-order valence-electron chi connectivity index (χ2n) is 8.10. The molecule has 0 unspecified atom stereocenters. The third-order valence-corrected chi connectivity index (χ3v) is 5.20. The first-order valence-electron chi connectivity index (χ1n) is 10.1. The summed E-state index contributed by atoms with van der Waals surface area (Å²) in [6.45, 7) is 3.96. The fourth-order valence-electron chi connectivity index (χ4n) is 3.58. The van der Waals surface area contributed by atoms with E-state index < -0.39 is 5.60 Å². The molecule has 2 aromatic heterocycles. The highest BCUT2D eigenvalue weighted by Gasteiger charge is 2.17. The van der Waals surface area contributed by atoms with Crippen molar-refractivity contribution in [2.24, 2.45) is 0 Å². The monoisotopic (exact) mass is 415 g/mol. The van der Waals surface area contributed by atoms with Crippen molar-refractivity contribution in [2.45, 2.75) is 32.5 Å². The number of aliphatic hydroxyl groups is 1. The Hall–Kier alpha value is -3.35. The van der Waals surface area contributed by atoms with E-state index in [1.165, 1.54) is 0 Å². The lowest BCUT2D eigenvalue weighted by Gasteiger charge is -2.17. The number of hydrogen-bond acceptors (Lipinski definition) is 5. The minimum atomic E-state index is -0.942. The Kier molecular flexibility index (Phi) is 5.67. The topological polar surface area (TPSA) is 76.7 Å². The molecule has 0 radical (unpaired) electrons. The molecule has 0 saturated heterocycles. The Morgan fingerprint density at radius 3 is 2.58 bits per heavy atom. The van der Waals surface area contributed by atoms with Gasteiger partial charge in [-0.05, 0) is 37.1 Å². The lowest BCUT2D eigenvalue weighted by Crippen LogP contribution is -2.15. The van der Waals surface area contributed by atoms with Crippen LogP contribution in [0.2, 0.25) is 0 Å². The Bertz CT molecular complexity index is 1220. The predicted octanol–water partition coefficient (Wildman–Crippen LogP) is 4.20. The molecule has 2 heterocycles. The molecule has 0 amide bonds. The summed E-state index contributed by atoms with van der Waals surface area (Å²) in [7, 11) is 1.67. The van der Waals surface area contributed by atoms with Crippen molar-refractivity contribution in [3.63, 3.8) is 0 Å². The molecule has 0 aliphatic rings. The van der Waals surface area contributed by atoms with Crippen LogP contribution in [-0.4, -0.2) is 32.6 Å². The van der Waals surface area contributed by atoms with Crippen LogP contribution in [-0.2, 0) is 23.4 Å². The summed E-state index contributed by atoms with van der Waals surface area (Å²) < 4.78 is 7.03. The number of Topliss-reactive ketones (excluding diaryl/α,β-unsaturated/α-hetero) is 1. The van der Waals surface area contributed by atoms with Crippen molar-refractivity contribution < 1.29 is 14.6 Å². The van der Waals surface area contributed by atoms with E-state index in [4.69, 9.17) is 4.74 Å². The molecular formula is C25H25N3O3. The fraction of sp³-hybridized carbons (Fsp3) is 0.240. The normalized spacial score (nSPS) is 11.7. The summed E-state index contributed by atoms with van der Waals surface area (Å²) >= 11 is 0. The molecule has 0 aliphatic carbocycles. The van der Waals surface area contributed by atoms with E-state index in [0.29, 0.717) is 23.5 Å². The van der Waals surface area contributed by atoms with Gasteiger partial charge in [0.1, 0.15) is 0 Å². The molecule has 0 saturated carbocycles. The Morgan fingerprint density at radius 1 is 1.10 bits per heavy atom. The zero-order chi connectivity index (χ0) is 22.0. The highest BCUT2D eigenvalue weighted by molar-refractivity contribution is 5.97. The maximum atomic E-state index is 12.9. The second-order valence-corrected chi connectivity index (χ2v) is 8.10. The molecule has 4 rings (SSSR count). The summed E-state index contributed by atoms with van der Waals surface area (Å²) in [6.07, 6.45) is 1.88. The molecule has 0 fully saturated rings. The number of hydrogen-bond donors (Lipinski definition) is 1. The molecule has 6 heteroatoms. The lowest BCUT2D eigenvalue weighted by molar-refractivity contribution is 0.0784. The van der Waals surface area contributed by atoms with Crippen molar-refractivity contribution >= 4 is 11.4 Å². The summed E-state index contributed by atoms with van der Waals surface area (Å²) in [5.41, 5.74) is 4.69. The maximum Gasteiger partial charge on any atom is 0.168 e. The lowest BCUT2D eigenvalue weighted by atomic mass is 9.96. The van der Waals surface area contributed by atoms with Crippen LogP contribution in [0.4, 0.5) is 0 Å². The van der Waals surface area contributed by atoms with Crippen LogP contribution in [0.15, 0.2) is 66.9 Å². The Morgan fingerprint density at radius 2 is 1.87 bits per heavy atom. The third kappa shape index (κ3) is 4.55. The zero-order valence-corrected chi connectivity index (χ0v) is 17.9. The minimum absolute atomic E-state index is 0.0299. The van der Waals surface area contributed by atoms with Gasteiger partial charge in [0, 0.05) is 24.3 Å². The number of carbonyl (C=O) groups excluding carboxylic acids is 1. The highest BCUT2D eigenvalue weighted by atomic mass is 16.5. The summed E-state index contributed by atoms with van der Waals surface area (Å²) in [6, 6.07) is 18.9. The highest BCUT2D eigenvalue weighted by Crippen LogP contribution is 2.24. The number of rotatable bonds is 7. The van der Waals surface area contributed by atoms with Crippen LogP contribution in [0.5, 0.6) is 0 Å². The van der Waals surface area contributed by atoms with Gasteiger partial charge in [0.15, 0.2) is 11.4 Å². The van der Waals surface area contributed by atoms with Gasteiger partial charge < -0.3 is 9.84 Å². The van der Waals surface area contributed by atoms with Gasteiger partial charge in [-0.1, -0.05) is 42.5 Å². The van der Waals surface area contributed by atoms with Gasteiger partial charge >= 0.3 is 0 Å². The SMILES string of the molecule is COCc1cccc(-c2cc(CC(=O)c3ccc(C(C)(C)O)cc3)nc3ccnn23)c1. The molecule has 2 aromatic carbocycles. The molecule has 31 heavy (non-hydrogen) atoms. The fourth-order valence-corrected chi connectivity index (χ4v) is 3.58. The minimum Gasteiger partial charge on any atom is -0.386 e. The Labute approximate surface area is 181 Å². The van der Waals surface area contributed by atoms with Crippen molar-refractivity contribution in [3.8, 4) is 11.3 Å². The van der Waals surface area contributed by atoms with Crippen LogP contribution in [0.3, 0.4) is 0 Å². The van der Waals surface area contributed by atoms with Crippen LogP contribution >= 0.6 is 0 Å². The van der Waals surface area contributed by atoms with Crippen LogP contribution in [0, 0.1) is 0 Å². The zero-order valence-electron chi connectivity index (χ0n) is 17.9. The molecule has 4 aromatic rings. The number of carbonyl (C=O) groups is 1. The largest absolute Gasteiger partial charge is 0.386 e. The van der Waals surface area contributed by atoms with Crippen molar-refractivity contribution in [1.82, 2.24) is 14.6 Å². The molecule has 0 bridgehead atoms. The number of fused-ring (bicyclic) bond motifs is 1. The van der Waals surface area contributed by atoms with Gasteiger partial charge in [-0.2, -0.15) is 5.10 Å². The summed E-state index contributed by atoms with van der Waals surface area (Å²) in [4.78, 5) is 17.5. The van der Waals surface area contributed by atoms with Gasteiger partial charge in [-0.3, -0.25) is 4.79 Å². The van der Waals surface area contributed by atoms with E-state index in [1.807, 2.05) is 30.3 Å². The van der Waals surface area contributed by atoms with E-state index in [9.17, 15) is 9.90 Å². The van der Waals surface area contributed by atoms with E-state index in [2.05, 4.69) is 16.1 Å². The standard InChI is InChI=1S/C25H25N3O3/c1-25(2,30)20-9-7-18(8-10-20)23(29)15-21-14-22(28-24(27-21)11-12-26-28)19-6-4-5-17(13-19)16-31-3/h4-14,30H,15-16H2,1-3H3. The van der Waals surface area contributed by atoms with Gasteiger partial charge in [0.2, 0.25) is 0 Å². The molecular weight excluding hydrogens is 390 g/mol. The molecule has 158 valence electrons. The molecule has 0 atom stereocenters. The summed E-state index contributed by atoms with van der Waals surface area (Å²) in [5.74, 6) is -0.0299. The average Bonchev–Trinajstić information content (AvgIpc) is 3.22.